The van der Waals surface area contributed by atoms with Crippen molar-refractivity contribution < 1.29 is 42.9 Å². The first-order valence-electron chi connectivity index (χ1n) is 27.2. The maximum Gasteiger partial charge on any atom is 0.361 e. The Balaban J connectivity index is 4.19. The van der Waals surface area contributed by atoms with Crippen LogP contribution < -0.4 is 0 Å². The molecule has 1 N–H and O–H groups in total. The summed E-state index contributed by atoms with van der Waals surface area (Å²) in [6.07, 6.45) is 53.6. The van der Waals surface area contributed by atoms with Crippen molar-refractivity contribution in [2.24, 2.45) is 0 Å². The third-order valence-corrected chi connectivity index (χ3v) is 11.9. The van der Waals surface area contributed by atoms with Crippen LogP contribution in [0.3, 0.4) is 0 Å². The molecule has 0 heterocycles. The lowest BCUT2D eigenvalue weighted by molar-refractivity contribution is -0.870. The highest BCUT2D eigenvalue weighted by molar-refractivity contribution is 5.71. The SMILES string of the molecule is CCCCCC/C=C\CCCCCCCC(=O)OCC(COC(OCC[N+](C)(C)C)C(=O)O)OC(=O)CCCCCCCCCCCCCCCCC/C=C\C/C=C\CCCCCCC. The Morgan fingerprint density at radius 2 is 0.831 bits per heavy atom. The second-order valence-electron chi connectivity index (χ2n) is 19.5. The van der Waals surface area contributed by atoms with E-state index in [0.717, 1.165) is 64.2 Å². The molecule has 380 valence electrons. The molecule has 9 heteroatoms. The zero-order valence-corrected chi connectivity index (χ0v) is 43.2. The van der Waals surface area contributed by atoms with Gasteiger partial charge in [-0.3, -0.25) is 9.59 Å². The van der Waals surface area contributed by atoms with Crippen molar-refractivity contribution in [2.45, 2.75) is 257 Å². The minimum Gasteiger partial charge on any atom is -0.477 e. The first kappa shape index (κ1) is 62.5. The van der Waals surface area contributed by atoms with Crippen LogP contribution in [0.25, 0.3) is 0 Å². The number of aliphatic carboxylic acids is 1. The number of unbranched alkanes of at least 4 members (excludes halogenated alkanes) is 29. The molecule has 0 aliphatic carbocycles. The zero-order valence-electron chi connectivity index (χ0n) is 43.2. The number of carbonyl (C=O) groups is 3. The molecular weight excluding hydrogens is 815 g/mol. The van der Waals surface area contributed by atoms with Crippen LogP contribution in [0, 0.1) is 0 Å². The summed E-state index contributed by atoms with van der Waals surface area (Å²) < 4.78 is 22.8. The van der Waals surface area contributed by atoms with Gasteiger partial charge in [0.2, 0.25) is 0 Å². The standard InChI is InChI=1S/C56H103NO8/c1-6-8-10-12-14-16-18-20-21-22-23-24-25-26-27-28-29-30-31-32-33-35-37-39-41-43-45-47-54(59)65-52(51-64-56(55(60)61)62-49-48-57(3,4)5)50-63-53(58)46-44-42-40-38-36-34-19-17-15-13-11-9-7-2/h17-20,22-23,52,56H,6-16,21,24-51H2,1-5H3/p+1/b19-17-,20-18-,23-22-. The fourth-order valence-electron chi connectivity index (χ4n) is 7.63. The molecule has 0 rings (SSSR count). The molecule has 9 nitrogen and oxygen atoms in total. The molecule has 0 aliphatic heterocycles. The van der Waals surface area contributed by atoms with E-state index < -0.39 is 24.3 Å². The first-order valence-corrected chi connectivity index (χ1v) is 27.2. The van der Waals surface area contributed by atoms with Gasteiger partial charge in [0.1, 0.15) is 13.2 Å². The van der Waals surface area contributed by atoms with Gasteiger partial charge in [0.25, 0.3) is 6.29 Å². The normalized spacial score (nSPS) is 13.1. The minimum atomic E-state index is -1.51. The highest BCUT2D eigenvalue weighted by Crippen LogP contribution is 2.16. The van der Waals surface area contributed by atoms with E-state index in [1.54, 1.807) is 0 Å². The van der Waals surface area contributed by atoms with Gasteiger partial charge in [-0.15, -0.1) is 0 Å². The van der Waals surface area contributed by atoms with Crippen molar-refractivity contribution in [3.05, 3.63) is 36.5 Å². The van der Waals surface area contributed by atoms with E-state index in [9.17, 15) is 19.5 Å². The highest BCUT2D eigenvalue weighted by Gasteiger charge is 2.25. The smallest absolute Gasteiger partial charge is 0.361 e. The summed E-state index contributed by atoms with van der Waals surface area (Å²) in [4.78, 5) is 37.3. The number of carboxylic acids is 1. The second kappa shape index (κ2) is 48.0. The fourth-order valence-corrected chi connectivity index (χ4v) is 7.63. The van der Waals surface area contributed by atoms with Gasteiger partial charge in [-0.05, 0) is 70.6 Å². The number of esters is 2. The zero-order chi connectivity index (χ0) is 47.7. The van der Waals surface area contributed by atoms with Crippen LogP contribution >= 0.6 is 0 Å². The largest absolute Gasteiger partial charge is 0.477 e. The third-order valence-electron chi connectivity index (χ3n) is 11.9. The van der Waals surface area contributed by atoms with Gasteiger partial charge in [-0.1, -0.05) is 198 Å². The number of hydrogen-bond acceptors (Lipinski definition) is 7. The van der Waals surface area contributed by atoms with E-state index in [0.29, 0.717) is 17.4 Å². The number of nitrogens with zero attached hydrogens (tertiary/aromatic N) is 1. The Morgan fingerprint density at radius 3 is 1.25 bits per heavy atom. The summed E-state index contributed by atoms with van der Waals surface area (Å²) in [5.41, 5.74) is 0. The van der Waals surface area contributed by atoms with E-state index in [1.807, 2.05) is 21.1 Å². The van der Waals surface area contributed by atoms with Gasteiger partial charge < -0.3 is 28.5 Å². The van der Waals surface area contributed by atoms with Gasteiger partial charge in [-0.2, -0.15) is 0 Å². The van der Waals surface area contributed by atoms with Crippen LogP contribution in [0.1, 0.15) is 245 Å². The van der Waals surface area contributed by atoms with E-state index >= 15 is 0 Å². The number of rotatable bonds is 50. The van der Waals surface area contributed by atoms with Gasteiger partial charge >= 0.3 is 17.9 Å². The van der Waals surface area contributed by atoms with Gasteiger partial charge in [0, 0.05) is 12.8 Å². The number of hydrogen-bond donors (Lipinski definition) is 1. The number of allylic oxidation sites excluding steroid dienone is 6. The molecule has 0 aromatic heterocycles. The maximum atomic E-state index is 12.8. The summed E-state index contributed by atoms with van der Waals surface area (Å²) >= 11 is 0. The summed E-state index contributed by atoms with van der Waals surface area (Å²) in [7, 11) is 5.96. The molecule has 0 saturated heterocycles. The van der Waals surface area contributed by atoms with E-state index in [-0.39, 0.29) is 32.2 Å². The number of quaternary nitrogens is 1. The summed E-state index contributed by atoms with van der Waals surface area (Å²) in [6, 6.07) is 0. The average molecular weight is 919 g/mol. The summed E-state index contributed by atoms with van der Waals surface area (Å²) in [5, 5.41) is 9.67. The van der Waals surface area contributed by atoms with Crippen LogP contribution in [0.5, 0.6) is 0 Å². The predicted molar refractivity (Wildman–Crippen MR) is 272 cm³/mol. The van der Waals surface area contributed by atoms with E-state index in [1.165, 1.54) is 154 Å². The molecule has 0 saturated carbocycles. The van der Waals surface area contributed by atoms with Crippen molar-refractivity contribution >= 4 is 17.9 Å². The topological polar surface area (TPSA) is 108 Å². The average Bonchev–Trinajstić information content (AvgIpc) is 3.27. The van der Waals surface area contributed by atoms with Crippen molar-refractivity contribution in [1.82, 2.24) is 0 Å². The summed E-state index contributed by atoms with van der Waals surface area (Å²) in [6.45, 7) is 4.86. The molecule has 0 aromatic rings. The molecule has 0 bridgehead atoms. The van der Waals surface area contributed by atoms with Crippen molar-refractivity contribution in [3.63, 3.8) is 0 Å². The first-order chi connectivity index (χ1) is 31.6. The predicted octanol–water partition coefficient (Wildman–Crippen LogP) is 15.3. The molecule has 0 aliphatic rings. The Bertz CT molecular complexity index is 1160. The van der Waals surface area contributed by atoms with Gasteiger partial charge in [0.05, 0.1) is 34.4 Å². The molecule has 0 amide bonds. The number of carboxylic acid groups (broad SMARTS) is 1. The van der Waals surface area contributed by atoms with E-state index in [4.69, 9.17) is 18.9 Å². The molecule has 0 aromatic carbocycles. The second-order valence-corrected chi connectivity index (χ2v) is 19.5. The van der Waals surface area contributed by atoms with Gasteiger partial charge in [0.15, 0.2) is 6.10 Å². The summed E-state index contributed by atoms with van der Waals surface area (Å²) in [5.74, 6) is -2.01. The number of ether oxygens (including phenoxy) is 4. The number of likely N-dealkylation sites (N-methyl/N-ethyl adjacent to an activating group) is 1. The van der Waals surface area contributed by atoms with Crippen LogP contribution in [0.15, 0.2) is 36.5 Å². The molecule has 2 unspecified atom stereocenters. The van der Waals surface area contributed by atoms with Crippen LogP contribution in [0.2, 0.25) is 0 Å². The Hall–Kier alpha value is -2.49. The lowest BCUT2D eigenvalue weighted by Gasteiger charge is -2.25. The Morgan fingerprint density at radius 1 is 0.462 bits per heavy atom. The third kappa shape index (κ3) is 49.2. The Kier molecular flexibility index (Phi) is 46.1. The van der Waals surface area contributed by atoms with Crippen molar-refractivity contribution in [1.29, 1.82) is 0 Å². The molecule has 0 radical (unpaired) electrons. The fraction of sp³-hybridized carbons (Fsp3) is 0.839. The highest BCUT2D eigenvalue weighted by atomic mass is 16.7. The van der Waals surface area contributed by atoms with Gasteiger partial charge in [-0.25, -0.2) is 4.79 Å². The molecule has 65 heavy (non-hydrogen) atoms. The molecule has 2 atom stereocenters. The monoisotopic (exact) mass is 919 g/mol. The molecule has 0 fully saturated rings. The molecule has 0 spiro atoms. The van der Waals surface area contributed by atoms with Crippen molar-refractivity contribution in [2.75, 3.05) is 47.5 Å². The van der Waals surface area contributed by atoms with E-state index in [2.05, 4.69) is 50.3 Å². The lowest BCUT2D eigenvalue weighted by atomic mass is 10.0. The quantitative estimate of drug-likeness (QED) is 0.0211. The maximum absolute atomic E-state index is 12.8. The Labute approximate surface area is 400 Å². The minimum absolute atomic E-state index is 0.184. The van der Waals surface area contributed by atoms with Crippen molar-refractivity contribution in [3.8, 4) is 0 Å². The van der Waals surface area contributed by atoms with Crippen LogP contribution in [-0.4, -0.2) is 87.4 Å². The van der Waals surface area contributed by atoms with Crippen LogP contribution in [-0.2, 0) is 33.3 Å². The molecular formula is C56H104NO8+. The van der Waals surface area contributed by atoms with Crippen LogP contribution in [0.4, 0.5) is 0 Å². The lowest BCUT2D eigenvalue weighted by Crippen LogP contribution is -2.40. The number of carbonyl (C=O) groups excluding carboxylic acids is 2.